The smallest absolute Gasteiger partial charge is 0.337 e. The van der Waals surface area contributed by atoms with E-state index in [0.29, 0.717) is 6.54 Å². The lowest BCUT2D eigenvalue weighted by molar-refractivity contribution is 0.0698. The van der Waals surface area contributed by atoms with Crippen LogP contribution in [0.5, 0.6) is 0 Å². The molecule has 1 atom stereocenters. The molecular formula is C13H15FN4O2. The van der Waals surface area contributed by atoms with Crippen molar-refractivity contribution in [3.63, 3.8) is 0 Å². The molecule has 1 aromatic carbocycles. The number of nitrogens with two attached hydrogens (primary N) is 1. The maximum atomic E-state index is 13.8. The van der Waals surface area contributed by atoms with Gasteiger partial charge in [0.15, 0.2) is 0 Å². The summed E-state index contributed by atoms with van der Waals surface area (Å²) in [4.78, 5) is 14.9. The molecular weight excluding hydrogens is 263 g/mol. The minimum atomic E-state index is -1.19. The minimum Gasteiger partial charge on any atom is -0.478 e. The Morgan fingerprint density at radius 3 is 2.95 bits per heavy atom. The highest BCUT2D eigenvalue weighted by atomic mass is 19.1. The lowest BCUT2D eigenvalue weighted by Crippen LogP contribution is -2.22. The van der Waals surface area contributed by atoms with Crippen molar-refractivity contribution in [2.45, 2.75) is 19.5 Å². The van der Waals surface area contributed by atoms with E-state index in [1.165, 1.54) is 6.07 Å². The third kappa shape index (κ3) is 3.05. The number of halogens is 1. The molecule has 0 aliphatic rings. The molecule has 1 unspecified atom stereocenters. The fraction of sp³-hybridized carbons (Fsp3) is 0.231. The van der Waals surface area contributed by atoms with Crippen molar-refractivity contribution in [1.82, 2.24) is 9.55 Å². The fourth-order valence-electron chi connectivity index (χ4n) is 1.91. The summed E-state index contributed by atoms with van der Waals surface area (Å²) in [5, 5.41) is 11.9. The van der Waals surface area contributed by atoms with Crippen LogP contribution in [0.15, 0.2) is 30.9 Å². The monoisotopic (exact) mass is 278 g/mol. The molecule has 106 valence electrons. The van der Waals surface area contributed by atoms with Crippen molar-refractivity contribution in [3.05, 3.63) is 42.2 Å². The van der Waals surface area contributed by atoms with E-state index in [9.17, 15) is 9.18 Å². The number of anilines is 2. The second kappa shape index (κ2) is 5.60. The Bertz CT molecular complexity index is 613. The van der Waals surface area contributed by atoms with Crippen LogP contribution in [-0.4, -0.2) is 26.7 Å². The second-order valence-electron chi connectivity index (χ2n) is 4.53. The number of nitrogen functional groups attached to an aromatic ring is 1. The molecule has 2 rings (SSSR count). The van der Waals surface area contributed by atoms with Crippen molar-refractivity contribution < 1.29 is 14.3 Å². The number of rotatable bonds is 5. The number of carboxylic acid groups (broad SMARTS) is 1. The molecule has 0 aliphatic carbocycles. The number of carboxylic acids is 1. The molecule has 1 heterocycles. The molecule has 0 saturated carbocycles. The van der Waals surface area contributed by atoms with Crippen LogP contribution in [0.4, 0.5) is 15.8 Å². The van der Waals surface area contributed by atoms with E-state index in [-0.39, 0.29) is 23.0 Å². The van der Waals surface area contributed by atoms with Gasteiger partial charge in [0, 0.05) is 30.7 Å². The summed E-state index contributed by atoms with van der Waals surface area (Å²) >= 11 is 0. The number of hydrogen-bond donors (Lipinski definition) is 3. The third-order valence-corrected chi connectivity index (χ3v) is 2.82. The molecule has 0 fully saturated rings. The van der Waals surface area contributed by atoms with E-state index in [1.807, 2.05) is 11.5 Å². The van der Waals surface area contributed by atoms with E-state index in [2.05, 4.69) is 10.3 Å². The van der Waals surface area contributed by atoms with Gasteiger partial charge in [0.05, 0.1) is 17.6 Å². The number of aromatic carboxylic acids is 1. The molecule has 0 aliphatic heterocycles. The number of benzene rings is 1. The summed E-state index contributed by atoms with van der Waals surface area (Å²) in [7, 11) is 0. The van der Waals surface area contributed by atoms with Gasteiger partial charge in [-0.15, -0.1) is 0 Å². The third-order valence-electron chi connectivity index (χ3n) is 2.82. The SMILES string of the molecule is CC(Cn1ccnc1)Nc1cc(C(=O)O)c(N)cc1F. The van der Waals surface area contributed by atoms with Crippen LogP contribution >= 0.6 is 0 Å². The highest BCUT2D eigenvalue weighted by Gasteiger charge is 2.14. The minimum absolute atomic E-state index is 0.0946. The van der Waals surface area contributed by atoms with E-state index >= 15 is 0 Å². The van der Waals surface area contributed by atoms with Gasteiger partial charge in [-0.2, -0.15) is 0 Å². The molecule has 2 aromatic rings. The Morgan fingerprint density at radius 1 is 1.60 bits per heavy atom. The summed E-state index contributed by atoms with van der Waals surface area (Å²) in [6, 6.07) is 2.11. The lowest BCUT2D eigenvalue weighted by atomic mass is 10.1. The first-order valence-electron chi connectivity index (χ1n) is 6.02. The number of nitrogens with one attached hydrogen (secondary N) is 1. The molecule has 6 nitrogen and oxygen atoms in total. The van der Waals surface area contributed by atoms with Gasteiger partial charge >= 0.3 is 5.97 Å². The van der Waals surface area contributed by atoms with E-state index in [4.69, 9.17) is 10.8 Å². The quantitative estimate of drug-likeness (QED) is 0.725. The Morgan fingerprint density at radius 2 is 2.35 bits per heavy atom. The lowest BCUT2D eigenvalue weighted by Gasteiger charge is -2.17. The number of aromatic nitrogens is 2. The molecule has 0 radical (unpaired) electrons. The molecule has 1 aromatic heterocycles. The molecule has 20 heavy (non-hydrogen) atoms. The zero-order valence-electron chi connectivity index (χ0n) is 10.9. The maximum Gasteiger partial charge on any atom is 0.337 e. The van der Waals surface area contributed by atoms with Gasteiger partial charge in [-0.25, -0.2) is 14.2 Å². The van der Waals surface area contributed by atoms with Crippen LogP contribution in [0.1, 0.15) is 17.3 Å². The van der Waals surface area contributed by atoms with Crippen LogP contribution in [0, 0.1) is 5.82 Å². The first-order chi connectivity index (χ1) is 9.47. The highest BCUT2D eigenvalue weighted by Crippen LogP contribution is 2.23. The second-order valence-corrected chi connectivity index (χ2v) is 4.53. The van der Waals surface area contributed by atoms with Crippen LogP contribution < -0.4 is 11.1 Å². The maximum absolute atomic E-state index is 13.8. The number of imidazole rings is 1. The Kier molecular flexibility index (Phi) is 3.88. The average Bonchev–Trinajstić information content (AvgIpc) is 2.84. The first-order valence-corrected chi connectivity index (χ1v) is 6.02. The van der Waals surface area contributed by atoms with Crippen molar-refractivity contribution >= 4 is 17.3 Å². The molecule has 0 saturated heterocycles. The van der Waals surface area contributed by atoms with Crippen molar-refractivity contribution in [1.29, 1.82) is 0 Å². The summed E-state index contributed by atoms with van der Waals surface area (Å²) in [6.07, 6.45) is 5.10. The first kappa shape index (κ1) is 13.9. The molecule has 0 amide bonds. The van der Waals surface area contributed by atoms with Crippen molar-refractivity contribution in [2.24, 2.45) is 0 Å². The summed E-state index contributed by atoms with van der Waals surface area (Å²) in [5.41, 5.74) is 5.37. The molecule has 7 heteroatoms. The number of hydrogen-bond acceptors (Lipinski definition) is 4. The van der Waals surface area contributed by atoms with Crippen LogP contribution in [0.25, 0.3) is 0 Å². The van der Waals surface area contributed by atoms with Gasteiger partial charge < -0.3 is 20.7 Å². The van der Waals surface area contributed by atoms with Crippen LogP contribution in [0.3, 0.4) is 0 Å². The predicted octanol–water partition coefficient (Wildman–Crippen LogP) is 1.80. The largest absolute Gasteiger partial charge is 0.478 e. The zero-order chi connectivity index (χ0) is 14.7. The summed E-state index contributed by atoms with van der Waals surface area (Å²) in [6.45, 7) is 2.43. The molecule has 0 spiro atoms. The van der Waals surface area contributed by atoms with E-state index in [0.717, 1.165) is 6.07 Å². The van der Waals surface area contributed by atoms with Gasteiger partial charge in [-0.3, -0.25) is 0 Å². The average molecular weight is 278 g/mol. The van der Waals surface area contributed by atoms with Gasteiger partial charge in [0.1, 0.15) is 5.82 Å². The van der Waals surface area contributed by atoms with Gasteiger partial charge in [-0.1, -0.05) is 0 Å². The fourth-order valence-corrected chi connectivity index (χ4v) is 1.91. The van der Waals surface area contributed by atoms with E-state index < -0.39 is 11.8 Å². The van der Waals surface area contributed by atoms with Crippen LogP contribution in [0.2, 0.25) is 0 Å². The zero-order valence-corrected chi connectivity index (χ0v) is 10.9. The Balaban J connectivity index is 2.16. The topological polar surface area (TPSA) is 93.2 Å². The normalized spacial score (nSPS) is 12.1. The van der Waals surface area contributed by atoms with Crippen molar-refractivity contribution in [2.75, 3.05) is 11.1 Å². The summed E-state index contributed by atoms with van der Waals surface area (Å²) in [5.74, 6) is -1.77. The van der Waals surface area contributed by atoms with Gasteiger partial charge in [-0.05, 0) is 19.1 Å². The molecule has 4 N–H and O–H groups in total. The predicted molar refractivity (Wildman–Crippen MR) is 73.1 cm³/mol. The standard InChI is InChI=1S/C13H15FN4O2/c1-8(6-18-3-2-16-7-18)17-12-4-9(13(19)20)11(15)5-10(12)14/h2-5,7-8,17H,6,15H2,1H3,(H,19,20). The summed E-state index contributed by atoms with van der Waals surface area (Å²) < 4.78 is 15.6. The highest BCUT2D eigenvalue weighted by molar-refractivity contribution is 5.94. The van der Waals surface area contributed by atoms with Crippen molar-refractivity contribution in [3.8, 4) is 0 Å². The number of carbonyl (C=O) groups is 1. The van der Waals surface area contributed by atoms with Gasteiger partial charge in [0.2, 0.25) is 0 Å². The van der Waals surface area contributed by atoms with Gasteiger partial charge in [0.25, 0.3) is 0 Å². The van der Waals surface area contributed by atoms with E-state index in [1.54, 1.807) is 18.7 Å². The Hall–Kier alpha value is -2.57. The van der Waals surface area contributed by atoms with Crippen LogP contribution in [-0.2, 0) is 6.54 Å². The Labute approximate surface area is 115 Å². The molecule has 0 bridgehead atoms. The number of nitrogens with zero attached hydrogens (tertiary/aromatic N) is 2.